The highest BCUT2D eigenvalue weighted by atomic mass is 16.4. The van der Waals surface area contributed by atoms with Gasteiger partial charge in [0.15, 0.2) is 0 Å². The molecule has 0 bridgehead atoms. The molecule has 1 heterocycles. The lowest BCUT2D eigenvalue weighted by Crippen LogP contribution is -2.50. The van der Waals surface area contributed by atoms with E-state index in [2.05, 4.69) is 10.6 Å². The molecule has 0 aliphatic carbocycles. The van der Waals surface area contributed by atoms with Gasteiger partial charge in [0.05, 0.1) is 5.92 Å². The molecule has 0 aromatic rings. The number of rotatable bonds is 5. The number of carbonyl (C=O) groups is 2. The molecule has 0 spiro atoms. The highest BCUT2D eigenvalue weighted by molar-refractivity contribution is 5.80. The Morgan fingerprint density at radius 3 is 2.62 bits per heavy atom. The Labute approximate surface area is 76.5 Å². The summed E-state index contributed by atoms with van der Waals surface area (Å²) in [5.41, 5.74) is 0. The van der Waals surface area contributed by atoms with E-state index < -0.39 is 5.97 Å². The van der Waals surface area contributed by atoms with Gasteiger partial charge in [-0.15, -0.1) is 0 Å². The minimum absolute atomic E-state index is 0.0316. The second-order valence-electron chi connectivity index (χ2n) is 3.14. The Balaban J connectivity index is 1.98. The van der Waals surface area contributed by atoms with Crippen molar-refractivity contribution in [3.8, 4) is 0 Å². The Hall–Kier alpha value is -1.10. The standard InChI is InChI=1S/C8H14N2O3/c11-7(12)2-1-3-10-8(13)6-4-9-5-6/h6,9H,1-5H2,(H,10,13)(H,11,12). The number of carboxylic acids is 1. The van der Waals surface area contributed by atoms with E-state index in [1.165, 1.54) is 0 Å². The van der Waals surface area contributed by atoms with Crippen LogP contribution in [-0.4, -0.2) is 36.6 Å². The summed E-state index contributed by atoms with van der Waals surface area (Å²) < 4.78 is 0. The van der Waals surface area contributed by atoms with Crippen molar-refractivity contribution < 1.29 is 14.7 Å². The lowest BCUT2D eigenvalue weighted by molar-refractivity contribution is -0.137. The summed E-state index contributed by atoms with van der Waals surface area (Å²) in [6.07, 6.45) is 0.615. The van der Waals surface area contributed by atoms with Crippen LogP contribution < -0.4 is 10.6 Å². The molecule has 13 heavy (non-hydrogen) atoms. The molecule has 0 atom stereocenters. The minimum atomic E-state index is -0.820. The van der Waals surface area contributed by atoms with Crippen LogP contribution in [0.1, 0.15) is 12.8 Å². The summed E-state index contributed by atoms with van der Waals surface area (Å²) in [5, 5.41) is 14.0. The average Bonchev–Trinajstić information content (AvgIpc) is 1.94. The SMILES string of the molecule is O=C(O)CCCNC(=O)C1CNC1. The summed E-state index contributed by atoms with van der Waals surface area (Å²) >= 11 is 0. The quantitative estimate of drug-likeness (QED) is 0.490. The molecule has 1 saturated heterocycles. The van der Waals surface area contributed by atoms with Crippen LogP contribution in [0.15, 0.2) is 0 Å². The second-order valence-corrected chi connectivity index (χ2v) is 3.14. The van der Waals surface area contributed by atoms with E-state index in [1.54, 1.807) is 0 Å². The number of amides is 1. The normalized spacial score (nSPS) is 16.3. The molecule has 3 N–H and O–H groups in total. The summed E-state index contributed by atoms with van der Waals surface area (Å²) in [4.78, 5) is 21.3. The van der Waals surface area contributed by atoms with Gasteiger partial charge in [-0.25, -0.2) is 0 Å². The molecule has 74 valence electrons. The maximum atomic E-state index is 11.2. The highest BCUT2D eigenvalue weighted by Crippen LogP contribution is 2.01. The van der Waals surface area contributed by atoms with Crippen molar-refractivity contribution in [1.29, 1.82) is 0 Å². The Bertz CT molecular complexity index is 202. The first-order chi connectivity index (χ1) is 6.20. The van der Waals surface area contributed by atoms with Gasteiger partial charge >= 0.3 is 5.97 Å². The van der Waals surface area contributed by atoms with Crippen molar-refractivity contribution in [2.45, 2.75) is 12.8 Å². The number of hydrogen-bond donors (Lipinski definition) is 3. The molecule has 5 heteroatoms. The Kier molecular flexibility index (Phi) is 3.70. The van der Waals surface area contributed by atoms with Gasteiger partial charge in [-0.2, -0.15) is 0 Å². The van der Waals surface area contributed by atoms with Crippen molar-refractivity contribution in [2.75, 3.05) is 19.6 Å². The molecule has 1 aliphatic rings. The summed E-state index contributed by atoms with van der Waals surface area (Å²) in [5.74, 6) is -0.700. The summed E-state index contributed by atoms with van der Waals surface area (Å²) in [6.45, 7) is 1.94. The third kappa shape index (κ3) is 3.42. The third-order valence-corrected chi connectivity index (χ3v) is 2.02. The van der Waals surface area contributed by atoms with Crippen LogP contribution in [0.5, 0.6) is 0 Å². The van der Waals surface area contributed by atoms with Gasteiger partial charge in [0.25, 0.3) is 0 Å². The predicted molar refractivity (Wildman–Crippen MR) is 46.2 cm³/mol. The number of aliphatic carboxylic acids is 1. The molecule has 0 saturated carbocycles. The predicted octanol–water partition coefficient (Wildman–Crippen LogP) is -0.813. The first-order valence-electron chi connectivity index (χ1n) is 4.40. The van der Waals surface area contributed by atoms with E-state index in [0.717, 1.165) is 13.1 Å². The van der Waals surface area contributed by atoms with Crippen molar-refractivity contribution in [3.63, 3.8) is 0 Å². The fourth-order valence-corrected chi connectivity index (χ4v) is 1.07. The van der Waals surface area contributed by atoms with Gasteiger partial charge in [0, 0.05) is 26.1 Å². The molecule has 0 unspecified atom stereocenters. The number of carboxylic acid groups (broad SMARTS) is 1. The van der Waals surface area contributed by atoms with Crippen LogP contribution in [0, 0.1) is 5.92 Å². The Morgan fingerprint density at radius 2 is 2.15 bits per heavy atom. The molecule has 0 radical (unpaired) electrons. The van der Waals surface area contributed by atoms with Crippen LogP contribution in [-0.2, 0) is 9.59 Å². The van der Waals surface area contributed by atoms with Crippen molar-refractivity contribution >= 4 is 11.9 Å². The number of carbonyl (C=O) groups excluding carboxylic acids is 1. The number of nitrogens with one attached hydrogen (secondary N) is 2. The average molecular weight is 186 g/mol. The van der Waals surface area contributed by atoms with Gasteiger partial charge in [-0.05, 0) is 6.42 Å². The molecule has 1 rings (SSSR count). The summed E-state index contributed by atoms with van der Waals surface area (Å²) in [7, 11) is 0. The second kappa shape index (κ2) is 4.81. The zero-order valence-corrected chi connectivity index (χ0v) is 7.38. The fourth-order valence-electron chi connectivity index (χ4n) is 1.07. The Morgan fingerprint density at radius 1 is 1.46 bits per heavy atom. The molecule has 0 aromatic heterocycles. The van der Waals surface area contributed by atoms with Gasteiger partial charge in [0.1, 0.15) is 0 Å². The van der Waals surface area contributed by atoms with E-state index in [1.807, 2.05) is 0 Å². The van der Waals surface area contributed by atoms with Crippen LogP contribution >= 0.6 is 0 Å². The lowest BCUT2D eigenvalue weighted by atomic mass is 10.0. The molecule has 1 aliphatic heterocycles. The van der Waals surface area contributed by atoms with Crippen LogP contribution in [0.2, 0.25) is 0 Å². The zero-order chi connectivity index (χ0) is 9.68. The van der Waals surface area contributed by atoms with Gasteiger partial charge < -0.3 is 15.7 Å². The highest BCUT2D eigenvalue weighted by Gasteiger charge is 2.23. The van der Waals surface area contributed by atoms with Crippen molar-refractivity contribution in [2.24, 2.45) is 5.92 Å². The molecule has 0 aromatic carbocycles. The van der Waals surface area contributed by atoms with Crippen LogP contribution in [0.4, 0.5) is 0 Å². The largest absolute Gasteiger partial charge is 0.481 e. The molecule has 5 nitrogen and oxygen atoms in total. The minimum Gasteiger partial charge on any atom is -0.481 e. The number of hydrogen-bond acceptors (Lipinski definition) is 3. The third-order valence-electron chi connectivity index (χ3n) is 2.02. The van der Waals surface area contributed by atoms with E-state index in [4.69, 9.17) is 5.11 Å². The molecular weight excluding hydrogens is 172 g/mol. The topological polar surface area (TPSA) is 78.4 Å². The molecular formula is C8H14N2O3. The van der Waals surface area contributed by atoms with E-state index in [0.29, 0.717) is 13.0 Å². The fraction of sp³-hybridized carbons (Fsp3) is 0.750. The first kappa shape index (κ1) is 9.98. The van der Waals surface area contributed by atoms with E-state index in [9.17, 15) is 9.59 Å². The lowest BCUT2D eigenvalue weighted by Gasteiger charge is -2.25. The smallest absolute Gasteiger partial charge is 0.303 e. The monoisotopic (exact) mass is 186 g/mol. The summed E-state index contributed by atoms with van der Waals surface area (Å²) in [6, 6.07) is 0. The zero-order valence-electron chi connectivity index (χ0n) is 7.38. The first-order valence-corrected chi connectivity index (χ1v) is 4.40. The van der Waals surface area contributed by atoms with Crippen LogP contribution in [0.25, 0.3) is 0 Å². The van der Waals surface area contributed by atoms with Crippen LogP contribution in [0.3, 0.4) is 0 Å². The van der Waals surface area contributed by atoms with E-state index in [-0.39, 0.29) is 18.2 Å². The maximum absolute atomic E-state index is 11.2. The van der Waals surface area contributed by atoms with Gasteiger partial charge in [0.2, 0.25) is 5.91 Å². The van der Waals surface area contributed by atoms with Gasteiger partial charge in [-0.1, -0.05) is 0 Å². The van der Waals surface area contributed by atoms with Crippen molar-refractivity contribution in [1.82, 2.24) is 10.6 Å². The van der Waals surface area contributed by atoms with Gasteiger partial charge in [-0.3, -0.25) is 9.59 Å². The van der Waals surface area contributed by atoms with E-state index >= 15 is 0 Å². The molecule has 1 fully saturated rings. The molecule has 1 amide bonds. The maximum Gasteiger partial charge on any atom is 0.303 e. The van der Waals surface area contributed by atoms with Crippen molar-refractivity contribution in [3.05, 3.63) is 0 Å².